The van der Waals surface area contributed by atoms with Gasteiger partial charge in [0.1, 0.15) is 10.7 Å². The zero-order valence-electron chi connectivity index (χ0n) is 19.2. The van der Waals surface area contributed by atoms with Crippen LogP contribution in [-0.2, 0) is 19.6 Å². The summed E-state index contributed by atoms with van der Waals surface area (Å²) in [6.45, 7) is 5.56. The van der Waals surface area contributed by atoms with Crippen molar-refractivity contribution in [2.24, 2.45) is 0 Å². The topological polar surface area (TPSA) is 82.2 Å². The lowest BCUT2D eigenvalue weighted by molar-refractivity contribution is -0.123. The summed E-state index contributed by atoms with van der Waals surface area (Å²) in [5, 5.41) is 3.17. The maximum atomic E-state index is 14.0. The van der Waals surface area contributed by atoms with E-state index >= 15 is 0 Å². The third-order valence-electron chi connectivity index (χ3n) is 7.23. The molecule has 1 aliphatic carbocycles. The van der Waals surface area contributed by atoms with Crippen molar-refractivity contribution in [1.82, 2.24) is 19.4 Å². The molecule has 1 aromatic carbocycles. The van der Waals surface area contributed by atoms with Gasteiger partial charge in [-0.05, 0) is 25.0 Å². The molecule has 2 saturated heterocycles. The Bertz CT molecular complexity index is 909. The third kappa shape index (κ3) is 5.74. The number of nitrogens with one attached hydrogen (secondary N) is 1. The van der Waals surface area contributed by atoms with Gasteiger partial charge in [-0.25, -0.2) is 12.8 Å². The summed E-state index contributed by atoms with van der Waals surface area (Å²) >= 11 is 0. The van der Waals surface area contributed by atoms with Crippen molar-refractivity contribution in [3.05, 3.63) is 30.1 Å². The van der Waals surface area contributed by atoms with Crippen molar-refractivity contribution in [3.63, 3.8) is 0 Å². The van der Waals surface area contributed by atoms with E-state index in [1.54, 1.807) is 0 Å². The Morgan fingerprint density at radius 3 is 2.33 bits per heavy atom. The lowest BCUT2D eigenvalue weighted by atomic mass is 9.79. The summed E-state index contributed by atoms with van der Waals surface area (Å²) in [4.78, 5) is 16.9. The van der Waals surface area contributed by atoms with Gasteiger partial charge in [-0.1, -0.05) is 31.4 Å². The van der Waals surface area contributed by atoms with E-state index in [4.69, 9.17) is 4.74 Å². The number of sulfonamides is 1. The number of nitrogens with zero attached hydrogens (tertiary/aromatic N) is 3. The molecule has 3 fully saturated rings. The Labute approximate surface area is 196 Å². The molecule has 0 aromatic heterocycles. The number of ether oxygens (including phenoxy) is 1. The lowest BCUT2D eigenvalue weighted by Crippen LogP contribution is -2.60. The number of hydrogen-bond donors (Lipinski definition) is 1. The van der Waals surface area contributed by atoms with E-state index in [-0.39, 0.29) is 36.0 Å². The van der Waals surface area contributed by atoms with E-state index in [9.17, 15) is 17.6 Å². The monoisotopic (exact) mass is 482 g/mol. The first-order valence-corrected chi connectivity index (χ1v) is 13.4. The number of piperazine rings is 1. The Balaban J connectivity index is 1.28. The highest BCUT2D eigenvalue weighted by molar-refractivity contribution is 7.89. The molecular weight excluding hydrogens is 447 g/mol. The van der Waals surface area contributed by atoms with Gasteiger partial charge in [0.2, 0.25) is 15.9 Å². The minimum Gasteiger partial charge on any atom is -0.379 e. The first-order chi connectivity index (χ1) is 15.9. The molecule has 10 heteroatoms. The van der Waals surface area contributed by atoms with Crippen LogP contribution in [0.15, 0.2) is 29.2 Å². The predicted molar refractivity (Wildman–Crippen MR) is 123 cm³/mol. The fourth-order valence-electron chi connectivity index (χ4n) is 5.30. The SMILES string of the molecule is O=C(CN1CCN(S(=O)(=O)c2ccccc2F)CC1)NCC1(N2CCOCC2)CCCCC1. The third-order valence-corrected chi connectivity index (χ3v) is 9.17. The number of hydrogen-bond acceptors (Lipinski definition) is 6. The van der Waals surface area contributed by atoms with Crippen LogP contribution in [-0.4, -0.2) is 99.5 Å². The van der Waals surface area contributed by atoms with Crippen LogP contribution in [0.3, 0.4) is 0 Å². The van der Waals surface area contributed by atoms with Crippen molar-refractivity contribution >= 4 is 15.9 Å². The fourth-order valence-corrected chi connectivity index (χ4v) is 6.78. The van der Waals surface area contributed by atoms with E-state index in [1.165, 1.54) is 41.8 Å². The standard InChI is InChI=1S/C23H35FN4O4S/c24-20-6-2-3-7-21(20)33(30,31)28-12-10-26(11-13-28)18-22(29)25-19-23(8-4-1-5-9-23)27-14-16-32-17-15-27/h2-3,6-7H,1,4-5,8-19H2,(H,25,29). The average Bonchev–Trinajstić information content (AvgIpc) is 2.84. The summed E-state index contributed by atoms with van der Waals surface area (Å²) in [7, 11) is -3.87. The van der Waals surface area contributed by atoms with Gasteiger partial charge in [-0.2, -0.15) is 4.31 Å². The Morgan fingerprint density at radius 2 is 1.67 bits per heavy atom. The summed E-state index contributed by atoms with van der Waals surface area (Å²) in [6.07, 6.45) is 5.82. The smallest absolute Gasteiger partial charge is 0.246 e. The zero-order valence-corrected chi connectivity index (χ0v) is 20.0. The van der Waals surface area contributed by atoms with Gasteiger partial charge >= 0.3 is 0 Å². The number of carbonyl (C=O) groups excluding carboxylic acids is 1. The van der Waals surface area contributed by atoms with Crippen molar-refractivity contribution in [3.8, 4) is 0 Å². The summed E-state index contributed by atoms with van der Waals surface area (Å²) < 4.78 is 46.4. The molecule has 0 unspecified atom stereocenters. The van der Waals surface area contributed by atoms with Crippen molar-refractivity contribution < 1.29 is 22.3 Å². The van der Waals surface area contributed by atoms with Crippen molar-refractivity contribution in [1.29, 1.82) is 0 Å². The van der Waals surface area contributed by atoms with Gasteiger partial charge in [-0.15, -0.1) is 0 Å². The fraction of sp³-hybridized carbons (Fsp3) is 0.696. The normalized spacial score (nSPS) is 23.3. The van der Waals surface area contributed by atoms with Crippen molar-refractivity contribution in [2.45, 2.75) is 42.5 Å². The molecule has 1 aromatic rings. The molecule has 0 bridgehead atoms. The van der Waals surface area contributed by atoms with E-state index in [0.717, 1.165) is 45.2 Å². The molecule has 1 N–H and O–H groups in total. The summed E-state index contributed by atoms with van der Waals surface area (Å²) in [5.41, 5.74) is 0.0181. The number of carbonyl (C=O) groups is 1. The molecule has 0 spiro atoms. The Morgan fingerprint density at radius 1 is 1.00 bits per heavy atom. The van der Waals surface area contributed by atoms with Crippen LogP contribution in [0.1, 0.15) is 32.1 Å². The van der Waals surface area contributed by atoms with Gasteiger partial charge in [0.25, 0.3) is 0 Å². The number of morpholine rings is 1. The number of halogens is 1. The van der Waals surface area contributed by atoms with Crippen LogP contribution in [0.25, 0.3) is 0 Å². The largest absolute Gasteiger partial charge is 0.379 e. The minimum absolute atomic E-state index is 0.0181. The highest BCUT2D eigenvalue weighted by Gasteiger charge is 2.39. The first-order valence-electron chi connectivity index (χ1n) is 12.0. The highest BCUT2D eigenvalue weighted by atomic mass is 32.2. The van der Waals surface area contributed by atoms with Crippen LogP contribution in [0, 0.1) is 5.82 Å². The number of amides is 1. The molecule has 2 heterocycles. The molecule has 3 aliphatic rings. The summed E-state index contributed by atoms with van der Waals surface area (Å²) in [5.74, 6) is -0.769. The second kappa shape index (κ2) is 10.8. The van der Waals surface area contributed by atoms with Gasteiger partial charge < -0.3 is 10.1 Å². The molecule has 33 heavy (non-hydrogen) atoms. The van der Waals surface area contributed by atoms with E-state index in [2.05, 4.69) is 10.2 Å². The van der Waals surface area contributed by atoms with Gasteiger partial charge in [-0.3, -0.25) is 14.6 Å². The first kappa shape index (κ1) is 24.5. The molecule has 0 radical (unpaired) electrons. The molecule has 2 aliphatic heterocycles. The second-order valence-corrected chi connectivity index (χ2v) is 11.2. The maximum Gasteiger partial charge on any atom is 0.246 e. The minimum atomic E-state index is -3.87. The second-order valence-electron chi connectivity index (χ2n) is 9.27. The zero-order chi connectivity index (χ0) is 23.3. The number of benzene rings is 1. The molecular formula is C23H35FN4O4S. The van der Waals surface area contributed by atoms with Gasteiger partial charge in [0, 0.05) is 51.4 Å². The van der Waals surface area contributed by atoms with E-state index in [0.29, 0.717) is 19.6 Å². The molecule has 4 rings (SSSR count). The highest BCUT2D eigenvalue weighted by Crippen LogP contribution is 2.33. The van der Waals surface area contributed by atoms with E-state index < -0.39 is 15.8 Å². The maximum absolute atomic E-state index is 14.0. The molecule has 184 valence electrons. The van der Waals surface area contributed by atoms with Crippen LogP contribution in [0.2, 0.25) is 0 Å². The van der Waals surface area contributed by atoms with E-state index in [1.807, 2.05) is 4.90 Å². The lowest BCUT2D eigenvalue weighted by Gasteiger charge is -2.48. The van der Waals surface area contributed by atoms with Gasteiger partial charge in [0.15, 0.2) is 0 Å². The number of rotatable bonds is 7. The summed E-state index contributed by atoms with van der Waals surface area (Å²) in [6, 6.07) is 5.44. The van der Waals surface area contributed by atoms with Crippen molar-refractivity contribution in [2.75, 3.05) is 65.6 Å². The molecule has 1 amide bonds. The van der Waals surface area contributed by atoms with Crippen LogP contribution in [0.5, 0.6) is 0 Å². The Kier molecular flexibility index (Phi) is 8.01. The van der Waals surface area contributed by atoms with Crippen LogP contribution >= 0.6 is 0 Å². The van der Waals surface area contributed by atoms with Crippen LogP contribution in [0.4, 0.5) is 4.39 Å². The molecule has 1 saturated carbocycles. The quantitative estimate of drug-likeness (QED) is 0.631. The molecule has 8 nitrogen and oxygen atoms in total. The average molecular weight is 483 g/mol. The molecule has 0 atom stereocenters. The van der Waals surface area contributed by atoms with Gasteiger partial charge in [0.05, 0.1) is 19.8 Å². The van der Waals surface area contributed by atoms with Crippen LogP contribution < -0.4 is 5.32 Å². The predicted octanol–water partition coefficient (Wildman–Crippen LogP) is 1.28. The Hall–Kier alpha value is -1.59.